The van der Waals surface area contributed by atoms with Crippen LogP contribution < -0.4 is 15.4 Å². The largest absolute Gasteiger partial charge is 0.497 e. The maximum absolute atomic E-state index is 13.5. The van der Waals surface area contributed by atoms with Crippen molar-refractivity contribution in [3.8, 4) is 5.75 Å². The summed E-state index contributed by atoms with van der Waals surface area (Å²) in [7, 11) is 1.59. The molecular weight excluding hydrogens is 422 g/mol. The Bertz CT molecular complexity index is 933. The second kappa shape index (κ2) is 11.9. The minimum absolute atomic E-state index is 0.157. The van der Waals surface area contributed by atoms with Crippen LogP contribution in [0.4, 0.5) is 4.79 Å². The molecule has 0 spiro atoms. The van der Waals surface area contributed by atoms with Gasteiger partial charge in [-0.25, -0.2) is 9.59 Å². The third kappa shape index (κ3) is 6.71. The van der Waals surface area contributed by atoms with E-state index in [0.717, 1.165) is 11.1 Å². The molecule has 8 nitrogen and oxygen atoms in total. The van der Waals surface area contributed by atoms with Crippen LogP contribution >= 0.6 is 0 Å². The van der Waals surface area contributed by atoms with Crippen LogP contribution in [0.25, 0.3) is 0 Å². The van der Waals surface area contributed by atoms with E-state index in [1.54, 1.807) is 14.0 Å². The zero-order valence-corrected chi connectivity index (χ0v) is 19.1. The van der Waals surface area contributed by atoms with E-state index in [1.165, 1.54) is 4.90 Å². The van der Waals surface area contributed by atoms with E-state index in [1.807, 2.05) is 54.6 Å². The first-order chi connectivity index (χ1) is 16.0. The van der Waals surface area contributed by atoms with Gasteiger partial charge in [-0.05, 0) is 43.0 Å². The molecule has 2 aromatic carbocycles. The Balaban J connectivity index is 1.70. The van der Waals surface area contributed by atoms with Crippen LogP contribution in [0.1, 0.15) is 30.9 Å². The molecule has 1 aliphatic rings. The standard InChI is InChI=1S/C25H31N3O5/c1-3-26-25(31)27-21(16-18-11-13-20(32-2)14-12-18)23(29)28-15-7-10-22(28)24(30)33-17-19-8-5-4-6-9-19/h4-6,8-9,11-14,21-22H,3,7,10,15-17H2,1-2H3,(H2,26,27,31)/t21-,22?/m1/s1. The first kappa shape index (κ1) is 24.1. The van der Waals surface area contributed by atoms with Crippen LogP contribution in [-0.4, -0.2) is 55.1 Å². The van der Waals surface area contributed by atoms with Crippen molar-refractivity contribution in [2.45, 2.75) is 44.9 Å². The van der Waals surface area contributed by atoms with Crippen molar-refractivity contribution in [2.24, 2.45) is 0 Å². The Kier molecular flexibility index (Phi) is 8.69. The summed E-state index contributed by atoms with van der Waals surface area (Å²) in [5.74, 6) is -0.0128. The maximum atomic E-state index is 13.5. The third-order valence-electron chi connectivity index (χ3n) is 5.57. The Morgan fingerprint density at radius 3 is 2.45 bits per heavy atom. The van der Waals surface area contributed by atoms with Gasteiger partial charge < -0.3 is 25.0 Å². The summed E-state index contributed by atoms with van der Waals surface area (Å²) in [6.45, 7) is 2.84. The molecule has 8 heteroatoms. The van der Waals surface area contributed by atoms with Crippen molar-refractivity contribution in [1.29, 1.82) is 0 Å². The molecular formula is C25H31N3O5. The molecule has 1 heterocycles. The number of methoxy groups -OCH3 is 1. The average Bonchev–Trinajstić information content (AvgIpc) is 3.33. The third-order valence-corrected chi connectivity index (χ3v) is 5.57. The summed E-state index contributed by atoms with van der Waals surface area (Å²) in [6, 6.07) is 14.9. The molecule has 33 heavy (non-hydrogen) atoms. The highest BCUT2D eigenvalue weighted by Gasteiger charge is 2.38. The molecule has 0 bridgehead atoms. The van der Waals surface area contributed by atoms with E-state index in [-0.39, 0.29) is 12.5 Å². The summed E-state index contributed by atoms with van der Waals surface area (Å²) < 4.78 is 10.7. The molecule has 1 aliphatic heterocycles. The molecule has 1 saturated heterocycles. The summed E-state index contributed by atoms with van der Waals surface area (Å²) >= 11 is 0. The predicted molar refractivity (Wildman–Crippen MR) is 124 cm³/mol. The monoisotopic (exact) mass is 453 g/mol. The Morgan fingerprint density at radius 2 is 1.79 bits per heavy atom. The molecule has 0 aromatic heterocycles. The van der Waals surface area contributed by atoms with Crippen LogP contribution in [0.2, 0.25) is 0 Å². The lowest BCUT2D eigenvalue weighted by molar-refractivity contribution is -0.155. The quantitative estimate of drug-likeness (QED) is 0.569. The van der Waals surface area contributed by atoms with Gasteiger partial charge in [0.25, 0.3) is 0 Å². The van der Waals surface area contributed by atoms with E-state index in [4.69, 9.17) is 9.47 Å². The number of urea groups is 1. The van der Waals surface area contributed by atoms with E-state index in [0.29, 0.717) is 38.1 Å². The number of nitrogens with one attached hydrogen (secondary N) is 2. The zero-order valence-electron chi connectivity index (χ0n) is 19.1. The SMILES string of the molecule is CCNC(=O)N[C@H](Cc1ccc(OC)cc1)C(=O)N1CCCC1C(=O)OCc1ccccc1. The van der Waals surface area contributed by atoms with E-state index < -0.39 is 24.1 Å². The van der Waals surface area contributed by atoms with Crippen molar-refractivity contribution in [3.05, 3.63) is 65.7 Å². The van der Waals surface area contributed by atoms with Gasteiger partial charge in [0.1, 0.15) is 24.4 Å². The molecule has 2 atom stereocenters. The summed E-state index contributed by atoms with van der Waals surface area (Å²) in [4.78, 5) is 40.0. The van der Waals surface area contributed by atoms with Crippen molar-refractivity contribution in [1.82, 2.24) is 15.5 Å². The Hall–Kier alpha value is -3.55. The van der Waals surface area contributed by atoms with Crippen LogP contribution in [0.15, 0.2) is 54.6 Å². The molecule has 2 aromatic rings. The molecule has 1 fully saturated rings. The second-order valence-electron chi connectivity index (χ2n) is 7.89. The lowest BCUT2D eigenvalue weighted by Gasteiger charge is -2.28. The topological polar surface area (TPSA) is 97.0 Å². The minimum Gasteiger partial charge on any atom is -0.497 e. The molecule has 1 unspecified atom stereocenters. The predicted octanol–water partition coefficient (Wildman–Crippen LogP) is 2.66. The fourth-order valence-electron chi connectivity index (χ4n) is 3.87. The number of likely N-dealkylation sites (tertiary alicyclic amines) is 1. The summed E-state index contributed by atoms with van der Waals surface area (Å²) in [5.41, 5.74) is 1.75. The smallest absolute Gasteiger partial charge is 0.329 e. The van der Waals surface area contributed by atoms with Crippen LogP contribution in [-0.2, 0) is 27.4 Å². The van der Waals surface area contributed by atoms with Gasteiger partial charge in [-0.15, -0.1) is 0 Å². The fraction of sp³-hybridized carbons (Fsp3) is 0.400. The van der Waals surface area contributed by atoms with Gasteiger partial charge in [-0.1, -0.05) is 42.5 Å². The number of ether oxygens (including phenoxy) is 2. The molecule has 0 radical (unpaired) electrons. The van der Waals surface area contributed by atoms with Gasteiger partial charge in [-0.3, -0.25) is 4.79 Å². The van der Waals surface area contributed by atoms with E-state index in [9.17, 15) is 14.4 Å². The van der Waals surface area contributed by atoms with Gasteiger partial charge >= 0.3 is 12.0 Å². The van der Waals surface area contributed by atoms with Gasteiger partial charge in [0.05, 0.1) is 7.11 Å². The first-order valence-electron chi connectivity index (χ1n) is 11.2. The molecule has 0 saturated carbocycles. The summed E-state index contributed by atoms with van der Waals surface area (Å²) in [5, 5.41) is 5.43. The zero-order chi connectivity index (χ0) is 23.6. The molecule has 3 amide bonds. The van der Waals surface area contributed by atoms with Crippen LogP contribution in [0.3, 0.4) is 0 Å². The minimum atomic E-state index is -0.813. The van der Waals surface area contributed by atoms with Gasteiger partial charge in [-0.2, -0.15) is 0 Å². The van der Waals surface area contributed by atoms with Crippen LogP contribution in [0, 0.1) is 0 Å². The number of nitrogens with zero attached hydrogens (tertiary/aromatic N) is 1. The Morgan fingerprint density at radius 1 is 1.06 bits per heavy atom. The number of rotatable bonds is 9. The lowest BCUT2D eigenvalue weighted by atomic mass is 10.0. The maximum Gasteiger partial charge on any atom is 0.329 e. The molecule has 2 N–H and O–H groups in total. The van der Waals surface area contributed by atoms with Gasteiger partial charge in [0.2, 0.25) is 5.91 Å². The van der Waals surface area contributed by atoms with E-state index in [2.05, 4.69) is 10.6 Å². The number of esters is 1. The lowest BCUT2D eigenvalue weighted by Crippen LogP contribution is -2.54. The number of amides is 3. The van der Waals surface area contributed by atoms with Gasteiger partial charge in [0, 0.05) is 19.5 Å². The normalized spacial score (nSPS) is 16.1. The number of hydrogen-bond donors (Lipinski definition) is 2. The van der Waals surface area contributed by atoms with Crippen molar-refractivity contribution >= 4 is 17.9 Å². The number of carbonyl (C=O) groups is 3. The van der Waals surface area contributed by atoms with Crippen molar-refractivity contribution in [2.75, 3.05) is 20.2 Å². The highest BCUT2D eigenvalue weighted by molar-refractivity contribution is 5.91. The van der Waals surface area contributed by atoms with Crippen LogP contribution in [0.5, 0.6) is 5.75 Å². The second-order valence-corrected chi connectivity index (χ2v) is 7.89. The highest BCUT2D eigenvalue weighted by atomic mass is 16.5. The summed E-state index contributed by atoms with van der Waals surface area (Å²) in [6.07, 6.45) is 1.53. The Labute approximate surface area is 194 Å². The average molecular weight is 454 g/mol. The molecule has 176 valence electrons. The number of hydrogen-bond acceptors (Lipinski definition) is 5. The number of benzene rings is 2. The van der Waals surface area contributed by atoms with Crippen molar-refractivity contribution in [3.63, 3.8) is 0 Å². The number of carbonyl (C=O) groups excluding carboxylic acids is 3. The molecule has 3 rings (SSSR count). The van der Waals surface area contributed by atoms with Gasteiger partial charge in [0.15, 0.2) is 0 Å². The van der Waals surface area contributed by atoms with Crippen molar-refractivity contribution < 1.29 is 23.9 Å². The fourth-order valence-corrected chi connectivity index (χ4v) is 3.87. The van der Waals surface area contributed by atoms with E-state index >= 15 is 0 Å². The first-order valence-corrected chi connectivity index (χ1v) is 11.2. The highest BCUT2D eigenvalue weighted by Crippen LogP contribution is 2.22. The molecule has 0 aliphatic carbocycles.